The van der Waals surface area contributed by atoms with Gasteiger partial charge in [0, 0.05) is 35.1 Å². The van der Waals surface area contributed by atoms with Crippen LogP contribution >= 0.6 is 0 Å². The predicted molar refractivity (Wildman–Crippen MR) is 85.7 cm³/mol. The van der Waals surface area contributed by atoms with Crippen molar-refractivity contribution in [1.29, 1.82) is 0 Å². The van der Waals surface area contributed by atoms with Gasteiger partial charge in [-0.2, -0.15) is 0 Å². The van der Waals surface area contributed by atoms with Crippen LogP contribution in [0.25, 0.3) is 10.8 Å². The smallest absolute Gasteiger partial charge is 0.278 e. The number of nitrogens with zero attached hydrogens (tertiary/aromatic N) is 2. The second-order valence-electron chi connectivity index (χ2n) is 6.49. The van der Waals surface area contributed by atoms with E-state index in [9.17, 15) is 10.1 Å². The molecule has 2 aromatic rings. The minimum absolute atomic E-state index is 0.0893. The summed E-state index contributed by atoms with van der Waals surface area (Å²) in [4.78, 5) is 15.0. The van der Waals surface area contributed by atoms with Gasteiger partial charge >= 0.3 is 0 Å². The molecule has 1 N–H and O–H groups in total. The van der Waals surface area contributed by atoms with Gasteiger partial charge in [0.1, 0.15) is 0 Å². The molecule has 0 aliphatic carbocycles. The van der Waals surface area contributed by atoms with Crippen molar-refractivity contribution in [2.24, 2.45) is 5.41 Å². The van der Waals surface area contributed by atoms with Crippen LogP contribution in [0.3, 0.4) is 0 Å². The van der Waals surface area contributed by atoms with Gasteiger partial charge in [-0.25, -0.2) is 0 Å². The van der Waals surface area contributed by atoms with E-state index >= 15 is 0 Å². The summed E-state index contributed by atoms with van der Waals surface area (Å²) >= 11 is 0. The fourth-order valence-electron chi connectivity index (χ4n) is 2.06. The first-order chi connectivity index (χ1) is 9.70. The van der Waals surface area contributed by atoms with Crippen LogP contribution in [0.2, 0.25) is 0 Å². The molecular formula is C16H21N3O2. The van der Waals surface area contributed by atoms with E-state index in [1.807, 2.05) is 13.0 Å². The third kappa shape index (κ3) is 3.12. The Morgan fingerprint density at radius 3 is 2.52 bits per heavy atom. The van der Waals surface area contributed by atoms with Crippen molar-refractivity contribution in [1.82, 2.24) is 4.98 Å². The molecule has 0 radical (unpaired) electrons. The highest BCUT2D eigenvalue weighted by Crippen LogP contribution is 2.33. The van der Waals surface area contributed by atoms with Crippen LogP contribution in [0, 0.1) is 22.5 Å². The van der Waals surface area contributed by atoms with Crippen LogP contribution < -0.4 is 5.32 Å². The number of pyridine rings is 1. The normalized spacial score (nSPS) is 13.2. The van der Waals surface area contributed by atoms with Crippen LogP contribution in [0.5, 0.6) is 0 Å². The topological polar surface area (TPSA) is 68.1 Å². The molecule has 0 aliphatic heterocycles. The monoisotopic (exact) mass is 287 g/mol. The molecule has 2 rings (SSSR count). The number of nitro groups is 1. The van der Waals surface area contributed by atoms with Crippen molar-refractivity contribution >= 4 is 22.1 Å². The Labute approximate surface area is 124 Å². The number of rotatable bonds is 3. The number of fused-ring (bicyclic) bond motifs is 1. The number of nitrogens with one attached hydrogen (secondary N) is 1. The Bertz CT molecular complexity index is 690. The van der Waals surface area contributed by atoms with Gasteiger partial charge < -0.3 is 5.32 Å². The number of hydrogen-bond donors (Lipinski definition) is 1. The summed E-state index contributed by atoms with van der Waals surface area (Å²) in [7, 11) is 0. The van der Waals surface area contributed by atoms with Crippen molar-refractivity contribution in [3.05, 3.63) is 40.2 Å². The summed E-state index contributed by atoms with van der Waals surface area (Å²) in [5.74, 6) is 0. The lowest BCUT2D eigenvalue weighted by Gasteiger charge is -2.29. The van der Waals surface area contributed by atoms with Gasteiger partial charge in [0.15, 0.2) is 0 Å². The lowest BCUT2D eigenvalue weighted by atomic mass is 9.88. The maximum absolute atomic E-state index is 11.1. The average molecular weight is 287 g/mol. The molecule has 5 nitrogen and oxygen atoms in total. The SMILES string of the molecule is Cc1cc2c(NC(C)C(C)(C)C)ccc([N+](=O)[O-])c2cn1. The predicted octanol–water partition coefficient (Wildman–Crippen LogP) is 4.30. The number of anilines is 1. The van der Waals surface area contributed by atoms with Crippen molar-refractivity contribution in [3.8, 4) is 0 Å². The van der Waals surface area contributed by atoms with E-state index in [1.54, 1.807) is 12.3 Å². The molecular weight excluding hydrogens is 266 g/mol. The molecule has 1 heterocycles. The van der Waals surface area contributed by atoms with Gasteiger partial charge in [-0.05, 0) is 31.4 Å². The Kier molecular flexibility index (Phi) is 3.85. The summed E-state index contributed by atoms with van der Waals surface area (Å²) in [5.41, 5.74) is 1.93. The highest BCUT2D eigenvalue weighted by molar-refractivity contribution is 5.99. The lowest BCUT2D eigenvalue weighted by Crippen LogP contribution is -2.30. The zero-order chi connectivity index (χ0) is 15.8. The molecule has 0 saturated heterocycles. The largest absolute Gasteiger partial charge is 0.382 e. The van der Waals surface area contributed by atoms with Crippen LogP contribution in [-0.4, -0.2) is 15.9 Å². The number of non-ortho nitro benzene ring substituents is 1. The first-order valence-electron chi connectivity index (χ1n) is 7.00. The standard InChI is InChI=1S/C16H21N3O2/c1-10-8-12-13(9-17-10)15(19(20)21)7-6-14(12)18-11(2)16(3,4)5/h6-9,11,18H,1-5H3. The highest BCUT2D eigenvalue weighted by Gasteiger charge is 2.22. The maximum atomic E-state index is 11.1. The molecule has 0 bridgehead atoms. The number of aromatic nitrogens is 1. The Balaban J connectivity index is 2.58. The number of aryl methyl sites for hydroxylation is 1. The molecule has 21 heavy (non-hydrogen) atoms. The summed E-state index contributed by atoms with van der Waals surface area (Å²) < 4.78 is 0. The van der Waals surface area contributed by atoms with E-state index in [0.717, 1.165) is 16.8 Å². The zero-order valence-electron chi connectivity index (χ0n) is 13.1. The van der Waals surface area contributed by atoms with E-state index in [0.29, 0.717) is 5.39 Å². The van der Waals surface area contributed by atoms with Gasteiger partial charge in [0.2, 0.25) is 0 Å². The molecule has 1 atom stereocenters. The van der Waals surface area contributed by atoms with E-state index in [4.69, 9.17) is 0 Å². The summed E-state index contributed by atoms with van der Waals surface area (Å²) in [5, 5.41) is 16.0. The minimum Gasteiger partial charge on any atom is -0.382 e. The number of benzene rings is 1. The lowest BCUT2D eigenvalue weighted by molar-refractivity contribution is -0.383. The number of hydrogen-bond acceptors (Lipinski definition) is 4. The molecule has 1 aromatic carbocycles. The molecule has 1 unspecified atom stereocenters. The maximum Gasteiger partial charge on any atom is 0.278 e. The summed E-state index contributed by atoms with van der Waals surface area (Å²) in [6.07, 6.45) is 1.58. The second kappa shape index (κ2) is 5.31. The molecule has 0 fully saturated rings. The number of nitro benzene ring substituents is 1. The molecule has 0 spiro atoms. The van der Waals surface area contributed by atoms with Crippen LogP contribution in [-0.2, 0) is 0 Å². The van der Waals surface area contributed by atoms with E-state index in [2.05, 4.69) is 38.0 Å². The van der Waals surface area contributed by atoms with Crippen molar-refractivity contribution < 1.29 is 4.92 Å². The van der Waals surface area contributed by atoms with Gasteiger partial charge in [0.05, 0.1) is 10.3 Å². The second-order valence-corrected chi connectivity index (χ2v) is 6.49. The molecule has 5 heteroatoms. The molecule has 0 saturated carbocycles. The zero-order valence-corrected chi connectivity index (χ0v) is 13.1. The van der Waals surface area contributed by atoms with Gasteiger partial charge in [-0.15, -0.1) is 0 Å². The molecule has 112 valence electrons. The average Bonchev–Trinajstić information content (AvgIpc) is 2.37. The van der Waals surface area contributed by atoms with Crippen molar-refractivity contribution in [2.45, 2.75) is 40.7 Å². The molecule has 1 aromatic heterocycles. The summed E-state index contributed by atoms with van der Waals surface area (Å²) in [6.45, 7) is 10.5. The van der Waals surface area contributed by atoms with Crippen LogP contribution in [0.1, 0.15) is 33.4 Å². The Morgan fingerprint density at radius 1 is 1.29 bits per heavy atom. The van der Waals surface area contributed by atoms with Gasteiger partial charge in [-0.1, -0.05) is 20.8 Å². The Hall–Kier alpha value is -2.17. The quantitative estimate of drug-likeness (QED) is 0.675. The summed E-state index contributed by atoms with van der Waals surface area (Å²) in [6, 6.07) is 5.44. The Morgan fingerprint density at radius 2 is 1.95 bits per heavy atom. The third-order valence-electron chi connectivity index (χ3n) is 3.88. The fraction of sp³-hybridized carbons (Fsp3) is 0.438. The highest BCUT2D eigenvalue weighted by atomic mass is 16.6. The van der Waals surface area contributed by atoms with Crippen molar-refractivity contribution in [3.63, 3.8) is 0 Å². The van der Waals surface area contributed by atoms with Gasteiger partial charge in [-0.3, -0.25) is 15.1 Å². The first kappa shape index (κ1) is 15.2. The van der Waals surface area contributed by atoms with Crippen molar-refractivity contribution in [2.75, 3.05) is 5.32 Å². The van der Waals surface area contributed by atoms with E-state index < -0.39 is 0 Å². The molecule has 0 aliphatic rings. The van der Waals surface area contributed by atoms with Crippen LogP contribution in [0.4, 0.5) is 11.4 Å². The fourth-order valence-corrected chi connectivity index (χ4v) is 2.06. The van der Waals surface area contributed by atoms with Gasteiger partial charge in [0.25, 0.3) is 5.69 Å². The third-order valence-corrected chi connectivity index (χ3v) is 3.88. The molecule has 0 amide bonds. The minimum atomic E-state index is -0.365. The van der Waals surface area contributed by atoms with E-state index in [-0.39, 0.29) is 22.1 Å². The van der Waals surface area contributed by atoms with Crippen LogP contribution in [0.15, 0.2) is 24.4 Å². The first-order valence-corrected chi connectivity index (χ1v) is 7.00. The van der Waals surface area contributed by atoms with E-state index in [1.165, 1.54) is 6.07 Å².